The molecule has 0 radical (unpaired) electrons. The van der Waals surface area contributed by atoms with Crippen LogP contribution < -0.4 is 15.2 Å². The van der Waals surface area contributed by atoms with Gasteiger partial charge in [-0.05, 0) is 39.3 Å². The first kappa shape index (κ1) is 19.8. The van der Waals surface area contributed by atoms with E-state index in [4.69, 9.17) is 4.74 Å². The number of esters is 1. The van der Waals surface area contributed by atoms with E-state index < -0.39 is 6.89 Å². The SMILES string of the molecule is COC(=O)C1=P(c2ccccc2)(c2ccccc2)c2sccc2C(c2ccccc2)=C1. The lowest BCUT2D eigenvalue weighted by Gasteiger charge is -2.34. The standard InChI is InChI=1S/C27H21O2PS/c1-29-26(28)25-19-24(20-11-5-2-6-12-20)23-17-18-31-27(23)30(25,21-13-7-3-8-14-21)22-15-9-4-10-16-22/h2-19H,1H3. The molecule has 0 fully saturated rings. The van der Waals surface area contributed by atoms with Crippen molar-refractivity contribution >= 4 is 50.3 Å². The van der Waals surface area contributed by atoms with E-state index in [9.17, 15) is 4.79 Å². The molecular weight excluding hydrogens is 419 g/mol. The van der Waals surface area contributed by atoms with E-state index in [-0.39, 0.29) is 5.97 Å². The molecule has 0 unspecified atom stereocenters. The molecule has 0 spiro atoms. The first-order valence-electron chi connectivity index (χ1n) is 10.1. The van der Waals surface area contributed by atoms with Gasteiger partial charge >= 0.3 is 5.97 Å². The monoisotopic (exact) mass is 440 g/mol. The van der Waals surface area contributed by atoms with Crippen LogP contribution in [0.5, 0.6) is 0 Å². The van der Waals surface area contributed by atoms with Gasteiger partial charge in [-0.15, -0.1) is 11.3 Å². The molecule has 2 heterocycles. The highest BCUT2D eigenvalue weighted by atomic mass is 32.1. The summed E-state index contributed by atoms with van der Waals surface area (Å²) in [7, 11) is 1.47. The van der Waals surface area contributed by atoms with E-state index in [1.165, 1.54) is 17.3 Å². The number of benzene rings is 3. The average molecular weight is 441 g/mol. The summed E-state index contributed by atoms with van der Waals surface area (Å²) in [5, 5.41) is 5.20. The predicted molar refractivity (Wildman–Crippen MR) is 134 cm³/mol. The maximum absolute atomic E-state index is 13.4. The van der Waals surface area contributed by atoms with Crippen LogP contribution in [0.1, 0.15) is 11.1 Å². The van der Waals surface area contributed by atoms with Crippen molar-refractivity contribution in [1.82, 2.24) is 0 Å². The van der Waals surface area contributed by atoms with Gasteiger partial charge in [0, 0.05) is 17.1 Å². The molecule has 0 atom stereocenters. The average Bonchev–Trinajstić information content (AvgIpc) is 3.34. The largest absolute Gasteiger partial charge is 0.465 e. The van der Waals surface area contributed by atoms with Crippen molar-refractivity contribution in [2.45, 2.75) is 0 Å². The van der Waals surface area contributed by atoms with E-state index in [0.29, 0.717) is 0 Å². The second-order valence-electron chi connectivity index (χ2n) is 7.28. The molecule has 0 amide bonds. The van der Waals surface area contributed by atoms with E-state index >= 15 is 0 Å². The van der Waals surface area contributed by atoms with Gasteiger partial charge in [0.25, 0.3) is 0 Å². The second-order valence-corrected chi connectivity index (χ2v) is 11.8. The van der Waals surface area contributed by atoms with Crippen LogP contribution in [0.4, 0.5) is 0 Å². The van der Waals surface area contributed by atoms with E-state index in [0.717, 1.165) is 27.0 Å². The van der Waals surface area contributed by atoms with Gasteiger partial charge in [-0.25, -0.2) is 4.79 Å². The third kappa shape index (κ3) is 3.13. The van der Waals surface area contributed by atoms with Gasteiger partial charge in [0.15, 0.2) is 0 Å². The molecule has 152 valence electrons. The Morgan fingerprint density at radius 1 is 0.774 bits per heavy atom. The van der Waals surface area contributed by atoms with Gasteiger partial charge in [0.05, 0.1) is 12.4 Å². The third-order valence-corrected chi connectivity index (χ3v) is 11.5. The van der Waals surface area contributed by atoms with Crippen LogP contribution >= 0.6 is 18.2 Å². The Balaban J connectivity index is 2.00. The number of hydrogen-bond acceptors (Lipinski definition) is 3. The second kappa shape index (κ2) is 8.19. The number of carbonyl (C=O) groups excluding carboxylic acids is 1. The molecule has 0 bridgehead atoms. The number of rotatable bonds is 4. The topological polar surface area (TPSA) is 26.3 Å². The fraction of sp³-hybridized carbons (Fsp3) is 0.0370. The quantitative estimate of drug-likeness (QED) is 0.336. The first-order valence-corrected chi connectivity index (χ1v) is 12.8. The molecule has 0 saturated heterocycles. The van der Waals surface area contributed by atoms with Gasteiger partial charge < -0.3 is 4.74 Å². The zero-order valence-electron chi connectivity index (χ0n) is 17.1. The smallest absolute Gasteiger partial charge is 0.338 e. The van der Waals surface area contributed by atoms with Crippen LogP contribution in [0, 0.1) is 0 Å². The highest BCUT2D eigenvalue weighted by Crippen LogP contribution is 2.53. The molecule has 0 saturated carbocycles. The van der Waals surface area contributed by atoms with E-state index in [2.05, 4.69) is 78.2 Å². The number of ether oxygens (including phenoxy) is 1. The summed E-state index contributed by atoms with van der Waals surface area (Å²) >= 11 is 1.73. The van der Waals surface area contributed by atoms with Crippen molar-refractivity contribution in [2.24, 2.45) is 0 Å². The van der Waals surface area contributed by atoms with Gasteiger partial charge in [0.2, 0.25) is 0 Å². The summed E-state index contributed by atoms with van der Waals surface area (Å²) in [6.07, 6.45) is 2.07. The van der Waals surface area contributed by atoms with Crippen molar-refractivity contribution in [3.8, 4) is 0 Å². The zero-order chi connectivity index (χ0) is 21.3. The minimum absolute atomic E-state index is 0.270. The minimum Gasteiger partial charge on any atom is -0.465 e. The number of fused-ring (bicyclic) bond motifs is 1. The van der Waals surface area contributed by atoms with Crippen molar-refractivity contribution in [1.29, 1.82) is 0 Å². The zero-order valence-corrected chi connectivity index (χ0v) is 18.8. The summed E-state index contributed by atoms with van der Waals surface area (Å²) in [5.41, 5.74) is 3.37. The van der Waals surface area contributed by atoms with Gasteiger partial charge in [0.1, 0.15) is 0 Å². The first-order chi connectivity index (χ1) is 15.3. The maximum atomic E-state index is 13.4. The Hall–Kier alpha value is -3.13. The lowest BCUT2D eigenvalue weighted by atomic mass is 9.99. The molecule has 2 nitrogen and oxygen atoms in total. The van der Waals surface area contributed by atoms with Gasteiger partial charge in [-0.3, -0.25) is 0 Å². The number of thiophene rings is 1. The minimum atomic E-state index is -2.39. The molecule has 1 aliphatic rings. The van der Waals surface area contributed by atoms with Crippen LogP contribution in [0.2, 0.25) is 0 Å². The van der Waals surface area contributed by atoms with E-state index in [1.54, 1.807) is 11.3 Å². The number of methoxy groups -OCH3 is 1. The molecule has 4 aromatic rings. The summed E-state index contributed by atoms with van der Waals surface area (Å²) in [5.74, 6) is -0.270. The molecule has 31 heavy (non-hydrogen) atoms. The van der Waals surface area contributed by atoms with E-state index in [1.807, 2.05) is 30.3 Å². The Labute approximate surface area is 186 Å². The Morgan fingerprint density at radius 2 is 1.32 bits per heavy atom. The molecule has 4 heteroatoms. The van der Waals surface area contributed by atoms with Crippen molar-refractivity contribution in [3.63, 3.8) is 0 Å². The van der Waals surface area contributed by atoms with Crippen LogP contribution in [0.25, 0.3) is 5.57 Å². The fourth-order valence-electron chi connectivity index (χ4n) is 4.31. The summed E-state index contributed by atoms with van der Waals surface area (Å²) in [6, 6.07) is 33.3. The van der Waals surface area contributed by atoms with Crippen LogP contribution in [0.3, 0.4) is 0 Å². The molecule has 1 aromatic heterocycles. The van der Waals surface area contributed by atoms with Gasteiger partial charge in [-0.1, -0.05) is 91.0 Å². The fourth-order valence-corrected chi connectivity index (χ4v) is 10.7. The summed E-state index contributed by atoms with van der Waals surface area (Å²) in [6.45, 7) is -2.39. The maximum Gasteiger partial charge on any atom is 0.338 e. The van der Waals surface area contributed by atoms with Crippen LogP contribution in [0.15, 0.2) is 109 Å². The molecule has 5 rings (SSSR count). The molecule has 3 aromatic carbocycles. The molecule has 1 aliphatic heterocycles. The van der Waals surface area contributed by atoms with Gasteiger partial charge in [-0.2, -0.15) is 0 Å². The Kier molecular flexibility index (Phi) is 5.23. The number of carbonyl (C=O) groups is 1. The van der Waals surface area contributed by atoms with Crippen molar-refractivity contribution in [3.05, 3.63) is 120 Å². The van der Waals surface area contributed by atoms with Crippen molar-refractivity contribution in [2.75, 3.05) is 7.11 Å². The summed E-state index contributed by atoms with van der Waals surface area (Å²) < 4.78 is 6.62. The lowest BCUT2D eigenvalue weighted by molar-refractivity contribution is -0.132. The number of hydrogen-bond donors (Lipinski definition) is 0. The van der Waals surface area contributed by atoms with Crippen molar-refractivity contribution < 1.29 is 9.53 Å². The third-order valence-electron chi connectivity index (χ3n) is 5.65. The molecule has 0 N–H and O–H groups in total. The Bertz CT molecular complexity index is 1280. The highest BCUT2D eigenvalue weighted by Gasteiger charge is 2.38. The van der Waals surface area contributed by atoms with Crippen LogP contribution in [-0.2, 0) is 9.53 Å². The highest BCUT2D eigenvalue weighted by molar-refractivity contribution is 7.99. The Morgan fingerprint density at radius 3 is 1.87 bits per heavy atom. The summed E-state index contributed by atoms with van der Waals surface area (Å²) in [4.78, 5) is 13.4. The predicted octanol–water partition coefficient (Wildman–Crippen LogP) is 4.83. The molecular formula is C27H21O2PS. The normalized spacial score (nSPS) is 14.5. The molecule has 0 aliphatic carbocycles. The lowest BCUT2D eigenvalue weighted by Crippen LogP contribution is -2.35. The van der Waals surface area contributed by atoms with Crippen LogP contribution in [-0.4, -0.2) is 18.4 Å².